The number of carbonyl (C=O) groups is 2. The monoisotopic (exact) mass is 1000 g/mol. The Labute approximate surface area is 428 Å². The second-order valence-corrected chi connectivity index (χ2v) is 19.8. The summed E-state index contributed by atoms with van der Waals surface area (Å²) in [5.74, 6) is -0.310. The van der Waals surface area contributed by atoms with Gasteiger partial charge in [-0.2, -0.15) is 0 Å². The van der Waals surface area contributed by atoms with Crippen LogP contribution in [-0.2, 0) is 11.2 Å². The van der Waals surface area contributed by atoms with Gasteiger partial charge in [-0.05, 0) is 176 Å². The zero-order valence-corrected chi connectivity index (χ0v) is 43.6. The Hall–Kier alpha value is -6.94. The number of amides is 1. The first kappa shape index (κ1) is 55.4. The van der Waals surface area contributed by atoms with Gasteiger partial charge in [-0.3, -0.25) is 14.4 Å². The highest BCUT2D eigenvalue weighted by Gasteiger charge is 2.45. The maximum atomic E-state index is 13.1. The van der Waals surface area contributed by atoms with E-state index in [0.29, 0.717) is 60.0 Å². The van der Waals surface area contributed by atoms with Crippen molar-refractivity contribution in [3.8, 4) is 24.3 Å². The lowest BCUT2D eigenvalue weighted by molar-refractivity contribution is -0.0686. The molecule has 2 aliphatic rings. The fourth-order valence-corrected chi connectivity index (χ4v) is 9.80. The highest BCUT2D eigenvalue weighted by atomic mass is 16.5. The minimum atomic E-state index is -1.32. The van der Waals surface area contributed by atoms with Gasteiger partial charge in [0.05, 0.1) is 47.5 Å². The summed E-state index contributed by atoms with van der Waals surface area (Å²) in [6, 6.07) is 22.6. The third-order valence-corrected chi connectivity index (χ3v) is 14.0. The van der Waals surface area contributed by atoms with Crippen molar-refractivity contribution in [3.05, 3.63) is 138 Å². The van der Waals surface area contributed by atoms with Crippen LogP contribution in [0.4, 0.5) is 0 Å². The Morgan fingerprint density at radius 2 is 1.16 bits per heavy atom. The summed E-state index contributed by atoms with van der Waals surface area (Å²) in [5, 5.41) is 34.8. The van der Waals surface area contributed by atoms with E-state index in [0.717, 1.165) is 58.5 Å². The number of aromatic amines is 2. The van der Waals surface area contributed by atoms with E-state index in [1.165, 1.54) is 6.40 Å². The van der Waals surface area contributed by atoms with E-state index in [1.807, 2.05) is 121 Å². The highest BCUT2D eigenvalue weighted by molar-refractivity contribution is 5.94. The molecule has 0 bridgehead atoms. The number of carbonyl (C=O) groups excluding carboxylic acids is 1. The number of aromatic nitrogens is 4. The quantitative estimate of drug-likeness (QED) is 0.0741. The van der Waals surface area contributed by atoms with Crippen LogP contribution in [0.1, 0.15) is 94.3 Å². The van der Waals surface area contributed by atoms with E-state index in [1.54, 1.807) is 26.4 Å². The molecule has 73 heavy (non-hydrogen) atoms. The molecule has 0 aliphatic heterocycles. The summed E-state index contributed by atoms with van der Waals surface area (Å²) in [7, 11) is 11.3. The molecule has 1 amide bonds. The summed E-state index contributed by atoms with van der Waals surface area (Å²) >= 11 is 0. The molecule has 0 radical (unpaired) electrons. The molecule has 2 fully saturated rings. The molecule has 17 heteroatoms. The van der Waals surface area contributed by atoms with Crippen LogP contribution in [0, 0.1) is 52.4 Å². The van der Waals surface area contributed by atoms with Crippen LogP contribution in [-0.4, -0.2) is 125 Å². The number of ether oxygens (including phenoxy) is 2. The molecular formula is C56H72N8O9. The second kappa shape index (κ2) is 24.7. The van der Waals surface area contributed by atoms with Crippen molar-refractivity contribution in [2.24, 2.45) is 17.6 Å². The Bertz CT molecular complexity index is 3100. The molecule has 4 aromatic carbocycles. The maximum Gasteiger partial charge on any atom is 0.360 e. The largest absolute Gasteiger partial charge is 0.497 e. The van der Waals surface area contributed by atoms with Crippen molar-refractivity contribution in [2.45, 2.75) is 89.5 Å². The van der Waals surface area contributed by atoms with Gasteiger partial charge >= 0.3 is 5.97 Å². The Morgan fingerprint density at radius 3 is 1.62 bits per heavy atom. The van der Waals surface area contributed by atoms with Crippen molar-refractivity contribution in [2.75, 3.05) is 55.5 Å². The number of hydrogen-bond donors (Lipinski definition) is 7. The Balaban J connectivity index is 0.000000219. The summed E-state index contributed by atoms with van der Waals surface area (Å²) in [6.45, 7) is 9.24. The SMILES string of the molecule is COc1cccc(C2(O)CCC(N)CC2CN(C)C)c1.COc1cccc(C2(O)CCC(NC(=O)c3nc4cc(C)c(C)cc4[nH]c3=O)CC2CN(C)C)c1.Cc1cc2nc(C(=O)O)c(=O)[nH]c2cc1C.[2H]C#C. The fraction of sp³-hybridized carbons (Fsp3) is 0.429. The molecule has 8 rings (SSSR count). The van der Waals surface area contributed by atoms with Crippen LogP contribution < -0.4 is 31.6 Å². The lowest BCUT2D eigenvalue weighted by atomic mass is 9.69. The summed E-state index contributed by atoms with van der Waals surface area (Å²) in [6.07, 6.45) is 9.81. The van der Waals surface area contributed by atoms with Gasteiger partial charge in [-0.1, -0.05) is 24.3 Å². The normalized spacial score (nSPS) is 21.5. The predicted molar refractivity (Wildman–Crippen MR) is 285 cm³/mol. The number of nitrogens with one attached hydrogen (secondary N) is 3. The molecule has 6 atom stereocenters. The first-order valence-corrected chi connectivity index (χ1v) is 24.2. The summed E-state index contributed by atoms with van der Waals surface area (Å²) in [5.41, 5.74) is 10.5. The van der Waals surface area contributed by atoms with Crippen molar-refractivity contribution in [3.63, 3.8) is 0 Å². The molecule has 6 aromatic rings. The van der Waals surface area contributed by atoms with Gasteiger partial charge in [0.2, 0.25) is 5.69 Å². The Kier molecular flexibility index (Phi) is 18.7. The average molecular weight is 1000 g/mol. The number of methoxy groups -OCH3 is 2. The first-order valence-electron chi connectivity index (χ1n) is 24.7. The van der Waals surface area contributed by atoms with E-state index in [-0.39, 0.29) is 29.6 Å². The number of aromatic carboxylic acids is 1. The van der Waals surface area contributed by atoms with Gasteiger partial charge < -0.3 is 55.6 Å². The third kappa shape index (κ3) is 13.8. The summed E-state index contributed by atoms with van der Waals surface area (Å²) in [4.78, 5) is 65.5. The first-order chi connectivity index (χ1) is 35.0. The lowest BCUT2D eigenvalue weighted by Crippen LogP contribution is -2.51. The second-order valence-electron chi connectivity index (χ2n) is 19.8. The van der Waals surface area contributed by atoms with Gasteiger partial charge in [-0.15, -0.1) is 12.8 Å². The molecule has 2 saturated carbocycles. The van der Waals surface area contributed by atoms with E-state index < -0.39 is 39.9 Å². The minimum absolute atomic E-state index is 0.128. The van der Waals surface area contributed by atoms with E-state index >= 15 is 0 Å². The summed E-state index contributed by atoms with van der Waals surface area (Å²) < 4.78 is 16.4. The van der Waals surface area contributed by atoms with Crippen molar-refractivity contribution < 1.29 is 35.8 Å². The number of nitrogens with zero attached hydrogens (tertiary/aromatic N) is 4. The van der Waals surface area contributed by atoms with Crippen molar-refractivity contribution in [1.29, 1.82) is 0 Å². The van der Waals surface area contributed by atoms with Crippen LogP contribution in [0.2, 0.25) is 0 Å². The van der Waals surface area contributed by atoms with Gasteiger partial charge in [0.1, 0.15) is 12.9 Å². The molecule has 6 unspecified atom stereocenters. The number of H-pyrrole nitrogens is 2. The zero-order valence-electron chi connectivity index (χ0n) is 44.6. The molecule has 390 valence electrons. The van der Waals surface area contributed by atoms with Gasteiger partial charge in [0, 0.05) is 37.0 Å². The zero-order chi connectivity index (χ0) is 54.7. The maximum absolute atomic E-state index is 13.1. The predicted octanol–water partition coefficient (Wildman–Crippen LogP) is 5.96. The van der Waals surface area contributed by atoms with Crippen LogP contribution in [0.25, 0.3) is 22.1 Å². The minimum Gasteiger partial charge on any atom is -0.497 e. The molecular weight excluding hydrogens is 929 g/mol. The molecule has 8 N–H and O–H groups in total. The number of hydrogen-bond acceptors (Lipinski definition) is 13. The topological polar surface area (TPSA) is 249 Å². The van der Waals surface area contributed by atoms with Crippen LogP contribution in [0.5, 0.6) is 11.5 Å². The number of nitrogens with two attached hydrogens (primary N) is 1. The van der Waals surface area contributed by atoms with Crippen LogP contribution in [0.3, 0.4) is 0 Å². The third-order valence-electron chi connectivity index (χ3n) is 14.0. The number of benzene rings is 4. The van der Waals surface area contributed by atoms with E-state index in [4.69, 9.17) is 21.7 Å². The lowest BCUT2D eigenvalue weighted by Gasteiger charge is -2.44. The van der Waals surface area contributed by atoms with E-state index in [9.17, 15) is 29.4 Å². The molecule has 2 heterocycles. The van der Waals surface area contributed by atoms with Crippen LogP contribution in [0.15, 0.2) is 82.4 Å². The van der Waals surface area contributed by atoms with Gasteiger partial charge in [0.25, 0.3) is 17.0 Å². The molecule has 17 nitrogen and oxygen atoms in total. The van der Waals surface area contributed by atoms with Crippen LogP contribution >= 0.6 is 0 Å². The number of carboxylic acid groups (broad SMARTS) is 1. The number of carboxylic acids is 1. The van der Waals surface area contributed by atoms with Crippen molar-refractivity contribution >= 4 is 33.9 Å². The number of fused-ring (bicyclic) bond motifs is 2. The highest BCUT2D eigenvalue weighted by Crippen LogP contribution is 2.44. The standard InChI is InChI=1S/C27H34N4O4.C16H26N2O2.C11H10N2O3.C2H2/c1-16-11-22-23(12-17(16)2)30-26(33)24(29-22)25(32)28-20-9-10-27(34,19(13-20)15-31(3)4)18-7-6-8-21(14-18)35-5;1-18(2)11-13-9-14(17)7-8-16(13,19)12-5-4-6-15(10-12)20-3;1-5-3-7-8(4-6(5)2)13-10(14)9(12-7)11(15)16;1-2/h6-8,11-12,14,19-20,34H,9-10,13,15H2,1-5H3,(H,28,32)(H,30,33);4-6,10,13-14,19H,7-9,11,17H2,1-3H3;3-4H,1-2H3,(H,13,14)(H,15,16);1-2H/i;;;1D. The van der Waals surface area contributed by atoms with E-state index in [2.05, 4.69) is 36.6 Å². The number of aliphatic hydroxyl groups is 2. The molecule has 2 aromatic heterocycles. The average Bonchev–Trinajstić information content (AvgIpc) is 3.35. The Morgan fingerprint density at radius 1 is 0.740 bits per heavy atom. The number of rotatable bonds is 11. The van der Waals surface area contributed by atoms with Crippen molar-refractivity contribution in [1.82, 2.24) is 35.1 Å². The smallest absolute Gasteiger partial charge is 0.360 e. The fourth-order valence-electron chi connectivity index (χ4n) is 9.80. The number of aryl methyl sites for hydroxylation is 4. The van der Waals surface area contributed by atoms with Gasteiger partial charge in [-0.25, -0.2) is 14.8 Å². The number of terminal acetylenes is 1. The molecule has 2 aliphatic carbocycles. The van der Waals surface area contributed by atoms with Gasteiger partial charge in [0.15, 0.2) is 5.69 Å². The molecule has 0 spiro atoms. The molecule has 0 saturated heterocycles.